The topological polar surface area (TPSA) is 15.3 Å². The van der Waals surface area contributed by atoms with Crippen LogP contribution in [0, 0.1) is 5.41 Å². The van der Waals surface area contributed by atoms with E-state index in [4.69, 9.17) is 0 Å². The molecule has 0 aromatic rings. The first-order valence-electron chi connectivity index (χ1n) is 7.44. The van der Waals surface area contributed by atoms with Crippen LogP contribution in [0.2, 0.25) is 0 Å². The molecule has 0 bridgehead atoms. The number of halogens is 2. The molecular weight excluding hydrogens is 246 g/mol. The lowest BCUT2D eigenvalue weighted by atomic mass is 9.73. The molecule has 19 heavy (non-hydrogen) atoms. The second-order valence-corrected chi connectivity index (χ2v) is 7.25. The third kappa shape index (κ3) is 6.66. The first-order valence-corrected chi connectivity index (χ1v) is 7.44. The van der Waals surface area contributed by atoms with Crippen LogP contribution in [0.15, 0.2) is 0 Å². The van der Waals surface area contributed by atoms with Crippen LogP contribution < -0.4 is 5.32 Å². The van der Waals surface area contributed by atoms with E-state index in [2.05, 4.69) is 26.1 Å². The van der Waals surface area contributed by atoms with Crippen LogP contribution >= 0.6 is 0 Å². The summed E-state index contributed by atoms with van der Waals surface area (Å²) >= 11 is 0. The van der Waals surface area contributed by atoms with Gasteiger partial charge in [0.2, 0.25) is 0 Å². The van der Waals surface area contributed by atoms with Gasteiger partial charge < -0.3 is 10.2 Å². The number of nitrogens with one attached hydrogen (secondary N) is 1. The van der Waals surface area contributed by atoms with Crippen molar-refractivity contribution in [2.75, 3.05) is 26.7 Å². The highest BCUT2D eigenvalue weighted by atomic mass is 19.3. The van der Waals surface area contributed by atoms with Gasteiger partial charge in [-0.2, -0.15) is 0 Å². The first kappa shape index (κ1) is 16.8. The van der Waals surface area contributed by atoms with Crippen LogP contribution in [-0.4, -0.2) is 43.5 Å². The Labute approximate surface area is 116 Å². The zero-order chi connectivity index (χ0) is 14.5. The van der Waals surface area contributed by atoms with E-state index in [9.17, 15) is 8.78 Å². The van der Waals surface area contributed by atoms with Crippen molar-refractivity contribution in [1.82, 2.24) is 10.2 Å². The molecule has 0 radical (unpaired) electrons. The first-order chi connectivity index (χ1) is 8.72. The molecule has 1 fully saturated rings. The number of nitrogens with zero attached hydrogens (tertiary/aromatic N) is 1. The fourth-order valence-corrected chi connectivity index (χ4v) is 3.02. The minimum Gasteiger partial charge on any atom is -0.311 e. The van der Waals surface area contributed by atoms with E-state index >= 15 is 0 Å². The third-order valence-electron chi connectivity index (χ3n) is 3.96. The molecule has 1 aliphatic carbocycles. The maximum absolute atomic E-state index is 12.5. The molecular formula is C15H30F2N2. The summed E-state index contributed by atoms with van der Waals surface area (Å²) in [6.45, 7) is 8.08. The summed E-state index contributed by atoms with van der Waals surface area (Å²) in [5.74, 6) is 0. The van der Waals surface area contributed by atoms with Gasteiger partial charge in [0, 0.05) is 18.6 Å². The molecule has 1 aliphatic rings. The van der Waals surface area contributed by atoms with Crippen LogP contribution in [0.25, 0.3) is 0 Å². The molecule has 114 valence electrons. The molecule has 4 heteroatoms. The molecule has 0 atom stereocenters. The monoisotopic (exact) mass is 276 g/mol. The summed E-state index contributed by atoms with van der Waals surface area (Å²) in [6.07, 6.45) is 3.83. The lowest BCUT2D eigenvalue weighted by Crippen LogP contribution is -2.49. The second-order valence-electron chi connectivity index (χ2n) is 7.25. The lowest BCUT2D eigenvalue weighted by Gasteiger charge is -2.42. The van der Waals surface area contributed by atoms with E-state index in [-0.39, 0.29) is 17.5 Å². The number of rotatable bonds is 6. The third-order valence-corrected chi connectivity index (χ3v) is 3.96. The van der Waals surface area contributed by atoms with Crippen molar-refractivity contribution >= 4 is 0 Å². The van der Waals surface area contributed by atoms with Gasteiger partial charge in [-0.3, -0.25) is 0 Å². The molecule has 0 saturated heterocycles. The maximum atomic E-state index is 12.5. The highest BCUT2D eigenvalue weighted by Gasteiger charge is 2.34. The fourth-order valence-electron chi connectivity index (χ4n) is 3.02. The van der Waals surface area contributed by atoms with E-state index in [0.29, 0.717) is 0 Å². The van der Waals surface area contributed by atoms with Gasteiger partial charge in [0.25, 0.3) is 6.43 Å². The summed E-state index contributed by atoms with van der Waals surface area (Å²) in [7, 11) is 1.82. The molecule has 1 saturated carbocycles. The van der Waals surface area contributed by atoms with Gasteiger partial charge >= 0.3 is 0 Å². The van der Waals surface area contributed by atoms with Crippen molar-refractivity contribution in [2.24, 2.45) is 5.41 Å². The largest absolute Gasteiger partial charge is 0.311 e. The second kappa shape index (κ2) is 6.98. The smallest absolute Gasteiger partial charge is 0.251 e. The number of alkyl halides is 2. The maximum Gasteiger partial charge on any atom is 0.251 e. The van der Waals surface area contributed by atoms with E-state index in [0.717, 1.165) is 25.9 Å². The lowest BCUT2D eigenvalue weighted by molar-refractivity contribution is 0.0571. The van der Waals surface area contributed by atoms with E-state index < -0.39 is 6.43 Å². The zero-order valence-electron chi connectivity index (χ0n) is 12.9. The quantitative estimate of drug-likeness (QED) is 0.798. The Bertz CT molecular complexity index is 255. The van der Waals surface area contributed by atoms with Gasteiger partial charge in [-0.15, -0.1) is 0 Å². The minimum absolute atomic E-state index is 0.0890. The van der Waals surface area contributed by atoms with Gasteiger partial charge in [-0.1, -0.05) is 19.3 Å². The summed E-state index contributed by atoms with van der Waals surface area (Å²) in [6, 6.07) is 0. The Balaban J connectivity index is 2.59. The fraction of sp³-hybridized carbons (Fsp3) is 1.00. The van der Waals surface area contributed by atoms with Crippen molar-refractivity contribution in [3.8, 4) is 0 Å². The molecule has 1 N–H and O–H groups in total. The Morgan fingerprint density at radius 2 is 1.74 bits per heavy atom. The van der Waals surface area contributed by atoms with Crippen molar-refractivity contribution in [3.05, 3.63) is 0 Å². The normalized spacial score (nSPS) is 20.2. The Hall–Kier alpha value is -0.220. The van der Waals surface area contributed by atoms with Crippen molar-refractivity contribution in [1.29, 1.82) is 0 Å². The van der Waals surface area contributed by atoms with Gasteiger partial charge in [0.1, 0.15) is 0 Å². The standard InChI is InChI=1S/C15H30F2N2/c1-14(2,3)18-11-15(8-6-5-7-9-15)12-19(4)10-13(16)17/h13,18H,5-12H2,1-4H3. The molecule has 0 heterocycles. The Morgan fingerprint density at radius 3 is 2.21 bits per heavy atom. The zero-order valence-corrected chi connectivity index (χ0v) is 12.9. The molecule has 2 nitrogen and oxygen atoms in total. The molecule has 0 aromatic carbocycles. The van der Waals surface area contributed by atoms with E-state index in [1.807, 2.05) is 7.05 Å². The average Bonchev–Trinajstić information content (AvgIpc) is 2.25. The van der Waals surface area contributed by atoms with Crippen LogP contribution in [0.3, 0.4) is 0 Å². The Morgan fingerprint density at radius 1 is 1.16 bits per heavy atom. The van der Waals surface area contributed by atoms with Gasteiger partial charge in [0.05, 0.1) is 6.54 Å². The summed E-state index contributed by atoms with van der Waals surface area (Å²) in [5, 5.41) is 3.58. The molecule has 0 amide bonds. The molecule has 0 aromatic heterocycles. The molecule has 0 aliphatic heterocycles. The van der Waals surface area contributed by atoms with Crippen LogP contribution in [0.4, 0.5) is 8.78 Å². The highest BCUT2D eigenvalue weighted by molar-refractivity contribution is 4.89. The SMILES string of the molecule is CN(CC(F)F)CC1(CNC(C)(C)C)CCCCC1. The van der Waals surface area contributed by atoms with Crippen molar-refractivity contribution in [2.45, 2.75) is 64.8 Å². The predicted molar refractivity (Wildman–Crippen MR) is 76.8 cm³/mol. The van der Waals surface area contributed by atoms with Gasteiger partial charge in [-0.25, -0.2) is 8.78 Å². The van der Waals surface area contributed by atoms with E-state index in [1.165, 1.54) is 19.3 Å². The molecule has 0 unspecified atom stereocenters. The number of hydrogen-bond donors (Lipinski definition) is 1. The van der Waals surface area contributed by atoms with Gasteiger partial charge in [0.15, 0.2) is 0 Å². The van der Waals surface area contributed by atoms with Crippen LogP contribution in [0.5, 0.6) is 0 Å². The summed E-state index contributed by atoms with van der Waals surface area (Å²) in [5.41, 5.74) is 0.265. The predicted octanol–water partition coefficient (Wildman–Crippen LogP) is 3.52. The molecule has 1 rings (SSSR count). The van der Waals surface area contributed by atoms with Crippen LogP contribution in [0.1, 0.15) is 52.9 Å². The minimum atomic E-state index is -2.23. The molecule has 0 spiro atoms. The average molecular weight is 276 g/mol. The number of hydrogen-bond acceptors (Lipinski definition) is 2. The van der Waals surface area contributed by atoms with Crippen molar-refractivity contribution in [3.63, 3.8) is 0 Å². The summed E-state index contributed by atoms with van der Waals surface area (Å²) < 4.78 is 25.0. The summed E-state index contributed by atoms with van der Waals surface area (Å²) in [4.78, 5) is 1.81. The van der Waals surface area contributed by atoms with Gasteiger partial charge in [-0.05, 0) is 46.1 Å². The van der Waals surface area contributed by atoms with E-state index in [1.54, 1.807) is 4.90 Å². The highest BCUT2D eigenvalue weighted by Crippen LogP contribution is 2.36. The Kier molecular flexibility index (Phi) is 6.18. The van der Waals surface area contributed by atoms with Crippen LogP contribution in [-0.2, 0) is 0 Å². The van der Waals surface area contributed by atoms with Crippen molar-refractivity contribution < 1.29 is 8.78 Å².